The zero-order chi connectivity index (χ0) is 10.3. The highest BCUT2D eigenvalue weighted by atomic mass is 32.1. The fourth-order valence-corrected chi connectivity index (χ4v) is 2.01. The first-order chi connectivity index (χ1) is 7.45. The van der Waals surface area contributed by atoms with E-state index in [1.165, 1.54) is 4.88 Å². The van der Waals surface area contributed by atoms with E-state index in [4.69, 9.17) is 0 Å². The second kappa shape index (κ2) is 5.58. The van der Waals surface area contributed by atoms with Crippen molar-refractivity contribution in [1.82, 2.24) is 15.3 Å². The zero-order valence-electron chi connectivity index (χ0n) is 8.39. The van der Waals surface area contributed by atoms with Crippen LogP contribution in [0.1, 0.15) is 10.6 Å². The van der Waals surface area contributed by atoms with Gasteiger partial charge in [0, 0.05) is 24.2 Å². The number of thiophene rings is 1. The van der Waals surface area contributed by atoms with Gasteiger partial charge >= 0.3 is 0 Å². The minimum absolute atomic E-state index is 0.813. The summed E-state index contributed by atoms with van der Waals surface area (Å²) in [6.45, 7) is 1.80. The summed E-state index contributed by atoms with van der Waals surface area (Å²) in [5.41, 5.74) is 1.04. The summed E-state index contributed by atoms with van der Waals surface area (Å²) in [6, 6.07) is 6.18. The van der Waals surface area contributed by atoms with Crippen LogP contribution in [0.25, 0.3) is 0 Å². The van der Waals surface area contributed by atoms with Crippen molar-refractivity contribution in [3.63, 3.8) is 0 Å². The first-order valence-electron chi connectivity index (χ1n) is 4.93. The van der Waals surface area contributed by atoms with E-state index in [1.54, 1.807) is 23.9 Å². The maximum atomic E-state index is 4.14. The molecule has 2 heterocycles. The van der Waals surface area contributed by atoms with Crippen molar-refractivity contribution < 1.29 is 0 Å². The van der Waals surface area contributed by atoms with Crippen LogP contribution in [0.3, 0.4) is 0 Å². The predicted molar refractivity (Wildman–Crippen MR) is 61.8 cm³/mol. The topological polar surface area (TPSA) is 37.8 Å². The number of nitrogens with zero attached hydrogens (tertiary/aromatic N) is 2. The van der Waals surface area contributed by atoms with Crippen LogP contribution in [0.2, 0.25) is 0 Å². The number of hydrogen-bond donors (Lipinski definition) is 1. The maximum absolute atomic E-state index is 4.14. The number of aromatic nitrogens is 2. The summed E-state index contributed by atoms with van der Waals surface area (Å²) >= 11 is 1.80. The Kier molecular flexibility index (Phi) is 3.82. The number of hydrogen-bond acceptors (Lipinski definition) is 4. The lowest BCUT2D eigenvalue weighted by Gasteiger charge is -2.02. The predicted octanol–water partition coefficient (Wildman–Crippen LogP) is 1.87. The Labute approximate surface area is 93.2 Å². The first kappa shape index (κ1) is 10.3. The van der Waals surface area contributed by atoms with E-state index in [2.05, 4.69) is 32.8 Å². The molecule has 15 heavy (non-hydrogen) atoms. The Morgan fingerprint density at radius 3 is 3.07 bits per heavy atom. The minimum Gasteiger partial charge on any atom is -0.311 e. The summed E-state index contributed by atoms with van der Waals surface area (Å²) in [4.78, 5) is 9.44. The second-order valence-electron chi connectivity index (χ2n) is 3.21. The molecule has 0 spiro atoms. The molecule has 1 N–H and O–H groups in total. The van der Waals surface area contributed by atoms with E-state index in [1.807, 2.05) is 6.07 Å². The standard InChI is InChI=1S/C11H13N3S/c1-2-11(15-7-1)4-6-12-8-10-3-5-13-9-14-10/h1-3,5,7,9,12H,4,6,8H2. The minimum atomic E-state index is 0.813. The Bertz CT molecular complexity index is 372. The molecular formula is C11H13N3S. The van der Waals surface area contributed by atoms with Gasteiger partial charge in [-0.25, -0.2) is 9.97 Å². The molecule has 0 aliphatic carbocycles. The fraction of sp³-hybridized carbons (Fsp3) is 0.273. The number of rotatable bonds is 5. The summed E-state index contributed by atoms with van der Waals surface area (Å²) in [6.07, 6.45) is 4.43. The van der Waals surface area contributed by atoms with Crippen molar-refractivity contribution in [3.8, 4) is 0 Å². The summed E-state index contributed by atoms with van der Waals surface area (Å²) < 4.78 is 0. The van der Waals surface area contributed by atoms with Crippen LogP contribution in [-0.2, 0) is 13.0 Å². The van der Waals surface area contributed by atoms with Crippen LogP contribution >= 0.6 is 11.3 Å². The normalized spacial score (nSPS) is 10.4. The molecule has 3 nitrogen and oxygen atoms in total. The van der Waals surface area contributed by atoms with Crippen molar-refractivity contribution in [1.29, 1.82) is 0 Å². The second-order valence-corrected chi connectivity index (χ2v) is 4.24. The molecule has 2 aromatic rings. The summed E-state index contributed by atoms with van der Waals surface area (Å²) in [5.74, 6) is 0. The molecule has 0 bridgehead atoms. The van der Waals surface area contributed by atoms with E-state index in [-0.39, 0.29) is 0 Å². The molecule has 78 valence electrons. The molecule has 0 fully saturated rings. The van der Waals surface area contributed by atoms with Gasteiger partial charge in [-0.05, 0) is 23.9 Å². The molecule has 0 amide bonds. The number of nitrogens with one attached hydrogen (secondary N) is 1. The molecule has 2 rings (SSSR count). The van der Waals surface area contributed by atoms with E-state index in [0.29, 0.717) is 0 Å². The Balaban J connectivity index is 1.68. The van der Waals surface area contributed by atoms with E-state index < -0.39 is 0 Å². The molecule has 4 heteroatoms. The lowest BCUT2D eigenvalue weighted by Crippen LogP contribution is -2.17. The van der Waals surface area contributed by atoms with Gasteiger partial charge in [0.25, 0.3) is 0 Å². The van der Waals surface area contributed by atoms with Gasteiger partial charge in [-0.1, -0.05) is 6.07 Å². The van der Waals surface area contributed by atoms with Gasteiger partial charge in [-0.15, -0.1) is 11.3 Å². The van der Waals surface area contributed by atoms with E-state index >= 15 is 0 Å². The molecule has 0 unspecified atom stereocenters. The Morgan fingerprint density at radius 1 is 1.33 bits per heavy atom. The molecule has 0 saturated heterocycles. The van der Waals surface area contributed by atoms with Gasteiger partial charge in [0.05, 0.1) is 5.69 Å². The van der Waals surface area contributed by atoms with Gasteiger partial charge in [-0.2, -0.15) is 0 Å². The largest absolute Gasteiger partial charge is 0.311 e. The van der Waals surface area contributed by atoms with Gasteiger partial charge in [0.2, 0.25) is 0 Å². The van der Waals surface area contributed by atoms with Crippen molar-refractivity contribution in [2.75, 3.05) is 6.54 Å². The Morgan fingerprint density at radius 2 is 2.33 bits per heavy atom. The van der Waals surface area contributed by atoms with Crippen LogP contribution in [-0.4, -0.2) is 16.5 Å². The highest BCUT2D eigenvalue weighted by Crippen LogP contribution is 2.08. The monoisotopic (exact) mass is 219 g/mol. The van der Waals surface area contributed by atoms with Crippen LogP contribution < -0.4 is 5.32 Å². The molecule has 0 saturated carbocycles. The van der Waals surface area contributed by atoms with Crippen molar-refractivity contribution in [2.24, 2.45) is 0 Å². The summed E-state index contributed by atoms with van der Waals surface area (Å²) in [7, 11) is 0. The van der Waals surface area contributed by atoms with E-state index in [0.717, 1.165) is 25.2 Å². The average molecular weight is 219 g/mol. The molecular weight excluding hydrogens is 206 g/mol. The molecule has 0 aliphatic rings. The smallest absolute Gasteiger partial charge is 0.115 e. The van der Waals surface area contributed by atoms with Crippen molar-refractivity contribution >= 4 is 11.3 Å². The van der Waals surface area contributed by atoms with Gasteiger partial charge < -0.3 is 5.32 Å². The quantitative estimate of drug-likeness (QED) is 0.780. The third kappa shape index (κ3) is 3.42. The van der Waals surface area contributed by atoms with Gasteiger partial charge in [-0.3, -0.25) is 0 Å². The SMILES string of the molecule is c1csc(CCNCc2ccncn2)c1. The maximum Gasteiger partial charge on any atom is 0.115 e. The third-order valence-electron chi connectivity index (χ3n) is 2.08. The molecule has 0 atom stereocenters. The van der Waals surface area contributed by atoms with Crippen LogP contribution in [0.4, 0.5) is 0 Å². The van der Waals surface area contributed by atoms with Gasteiger partial charge in [0.15, 0.2) is 0 Å². The van der Waals surface area contributed by atoms with Crippen LogP contribution in [0, 0.1) is 0 Å². The molecule has 0 aromatic carbocycles. The van der Waals surface area contributed by atoms with Crippen molar-refractivity contribution in [3.05, 3.63) is 46.7 Å². The third-order valence-corrected chi connectivity index (χ3v) is 3.01. The molecule has 0 aliphatic heterocycles. The lowest BCUT2D eigenvalue weighted by atomic mass is 10.3. The first-order valence-corrected chi connectivity index (χ1v) is 5.81. The van der Waals surface area contributed by atoms with Gasteiger partial charge in [0.1, 0.15) is 6.33 Å². The summed E-state index contributed by atoms with van der Waals surface area (Å²) in [5, 5.41) is 5.47. The molecule has 0 radical (unpaired) electrons. The zero-order valence-corrected chi connectivity index (χ0v) is 9.20. The fourth-order valence-electron chi connectivity index (χ4n) is 1.31. The van der Waals surface area contributed by atoms with Crippen molar-refractivity contribution in [2.45, 2.75) is 13.0 Å². The highest BCUT2D eigenvalue weighted by molar-refractivity contribution is 7.09. The Hall–Kier alpha value is -1.26. The average Bonchev–Trinajstić information content (AvgIpc) is 2.79. The van der Waals surface area contributed by atoms with Crippen LogP contribution in [0.15, 0.2) is 36.1 Å². The van der Waals surface area contributed by atoms with E-state index in [9.17, 15) is 0 Å². The van der Waals surface area contributed by atoms with Crippen LogP contribution in [0.5, 0.6) is 0 Å². The lowest BCUT2D eigenvalue weighted by molar-refractivity contribution is 0.676. The highest BCUT2D eigenvalue weighted by Gasteiger charge is 1.94. The molecule has 2 aromatic heterocycles.